The van der Waals surface area contributed by atoms with Crippen LogP contribution in [0.1, 0.15) is 18.9 Å². The summed E-state index contributed by atoms with van der Waals surface area (Å²) < 4.78 is 13.2. The molecule has 0 aromatic heterocycles. The molecule has 0 aliphatic carbocycles. The minimum atomic E-state index is -0.239. The predicted molar refractivity (Wildman–Crippen MR) is 77.9 cm³/mol. The summed E-state index contributed by atoms with van der Waals surface area (Å²) >= 11 is 0. The van der Waals surface area contributed by atoms with E-state index in [9.17, 15) is 9.18 Å². The molecule has 0 bridgehead atoms. The van der Waals surface area contributed by atoms with Crippen molar-refractivity contribution in [3.63, 3.8) is 0 Å². The van der Waals surface area contributed by atoms with Gasteiger partial charge < -0.3 is 10.2 Å². The Hall–Kier alpha value is -1.42. The number of carbonyl (C=O) groups excluding carboxylic acids is 1. The Morgan fingerprint density at radius 2 is 2.35 bits per heavy atom. The van der Waals surface area contributed by atoms with Crippen LogP contribution in [0.3, 0.4) is 0 Å². The molecule has 1 fully saturated rings. The SMILES string of the molecule is CNCC1CCN(C(=O)C(C)Cc2cccc(F)c2)C1. The molecule has 4 heteroatoms. The third kappa shape index (κ3) is 3.79. The lowest BCUT2D eigenvalue weighted by Crippen LogP contribution is -2.35. The van der Waals surface area contributed by atoms with Gasteiger partial charge >= 0.3 is 0 Å². The summed E-state index contributed by atoms with van der Waals surface area (Å²) in [6, 6.07) is 6.51. The maximum atomic E-state index is 13.2. The highest BCUT2D eigenvalue weighted by Crippen LogP contribution is 2.19. The van der Waals surface area contributed by atoms with Crippen molar-refractivity contribution < 1.29 is 9.18 Å². The zero-order valence-corrected chi connectivity index (χ0v) is 12.2. The Kier molecular flexibility index (Phi) is 5.12. The van der Waals surface area contributed by atoms with Crippen molar-refractivity contribution in [3.05, 3.63) is 35.6 Å². The van der Waals surface area contributed by atoms with Crippen LogP contribution >= 0.6 is 0 Å². The molecule has 1 N–H and O–H groups in total. The van der Waals surface area contributed by atoms with Crippen LogP contribution in [0.15, 0.2) is 24.3 Å². The van der Waals surface area contributed by atoms with Crippen molar-refractivity contribution in [3.8, 4) is 0 Å². The van der Waals surface area contributed by atoms with Crippen molar-refractivity contribution in [2.24, 2.45) is 11.8 Å². The van der Waals surface area contributed by atoms with Gasteiger partial charge in [0.2, 0.25) is 5.91 Å². The lowest BCUT2D eigenvalue weighted by atomic mass is 10.00. The number of amides is 1. The van der Waals surface area contributed by atoms with Crippen LogP contribution < -0.4 is 5.32 Å². The molecule has 1 aromatic carbocycles. The van der Waals surface area contributed by atoms with Gasteiger partial charge in [0.15, 0.2) is 0 Å². The van der Waals surface area contributed by atoms with E-state index in [4.69, 9.17) is 0 Å². The monoisotopic (exact) mass is 278 g/mol. The first-order valence-electron chi connectivity index (χ1n) is 7.28. The second kappa shape index (κ2) is 6.84. The number of carbonyl (C=O) groups is 1. The van der Waals surface area contributed by atoms with Gasteiger partial charge in [0.1, 0.15) is 5.82 Å². The molecule has 20 heavy (non-hydrogen) atoms. The summed E-state index contributed by atoms with van der Waals surface area (Å²) in [6.07, 6.45) is 1.67. The Morgan fingerprint density at radius 3 is 3.05 bits per heavy atom. The van der Waals surface area contributed by atoms with Crippen molar-refractivity contribution in [1.82, 2.24) is 10.2 Å². The van der Waals surface area contributed by atoms with E-state index in [1.165, 1.54) is 12.1 Å². The van der Waals surface area contributed by atoms with Gasteiger partial charge in [-0.15, -0.1) is 0 Å². The van der Waals surface area contributed by atoms with Crippen LogP contribution in [0.25, 0.3) is 0 Å². The largest absolute Gasteiger partial charge is 0.342 e. The fourth-order valence-electron chi connectivity index (χ4n) is 2.90. The van der Waals surface area contributed by atoms with Crippen molar-refractivity contribution >= 4 is 5.91 Å². The summed E-state index contributed by atoms with van der Waals surface area (Å²) in [5.41, 5.74) is 0.886. The van der Waals surface area contributed by atoms with Crippen LogP contribution in [0.5, 0.6) is 0 Å². The van der Waals surface area contributed by atoms with Gasteiger partial charge in [-0.1, -0.05) is 19.1 Å². The fourth-order valence-corrected chi connectivity index (χ4v) is 2.90. The molecule has 2 rings (SSSR count). The van der Waals surface area contributed by atoms with E-state index in [1.54, 1.807) is 6.07 Å². The highest BCUT2D eigenvalue weighted by Gasteiger charge is 2.28. The zero-order chi connectivity index (χ0) is 14.5. The molecule has 1 amide bonds. The van der Waals surface area contributed by atoms with Crippen LogP contribution in [0, 0.1) is 17.7 Å². The first-order chi connectivity index (χ1) is 9.60. The quantitative estimate of drug-likeness (QED) is 0.894. The van der Waals surface area contributed by atoms with E-state index in [1.807, 2.05) is 24.9 Å². The topological polar surface area (TPSA) is 32.3 Å². The number of benzene rings is 1. The molecular formula is C16H23FN2O. The number of nitrogens with one attached hydrogen (secondary N) is 1. The molecule has 0 saturated carbocycles. The third-order valence-electron chi connectivity index (χ3n) is 3.94. The smallest absolute Gasteiger partial charge is 0.225 e. The summed E-state index contributed by atoms with van der Waals surface area (Å²) in [7, 11) is 1.94. The molecule has 1 heterocycles. The minimum absolute atomic E-state index is 0.0925. The van der Waals surface area contributed by atoms with E-state index in [0.717, 1.165) is 31.6 Å². The van der Waals surface area contributed by atoms with Crippen LogP contribution in [0.4, 0.5) is 4.39 Å². The van der Waals surface area contributed by atoms with Gasteiger partial charge in [0, 0.05) is 19.0 Å². The lowest BCUT2D eigenvalue weighted by Gasteiger charge is -2.21. The number of halogens is 1. The second-order valence-corrected chi connectivity index (χ2v) is 5.73. The zero-order valence-electron chi connectivity index (χ0n) is 12.2. The van der Waals surface area contributed by atoms with Crippen LogP contribution in [0.2, 0.25) is 0 Å². The van der Waals surface area contributed by atoms with E-state index in [2.05, 4.69) is 5.32 Å². The Labute approximate surface area is 120 Å². The minimum Gasteiger partial charge on any atom is -0.342 e. The van der Waals surface area contributed by atoms with Gasteiger partial charge in [-0.05, 0) is 50.0 Å². The van der Waals surface area contributed by atoms with E-state index < -0.39 is 0 Å². The Balaban J connectivity index is 1.89. The number of rotatable bonds is 5. The first-order valence-corrected chi connectivity index (χ1v) is 7.28. The standard InChI is InChI=1S/C16H23FN2O/c1-12(8-13-4-3-5-15(17)9-13)16(20)19-7-6-14(11-19)10-18-2/h3-5,9,12,14,18H,6-8,10-11H2,1-2H3. The molecule has 3 nitrogen and oxygen atoms in total. The summed E-state index contributed by atoms with van der Waals surface area (Å²) in [6.45, 7) is 4.58. The molecular weight excluding hydrogens is 255 g/mol. The molecule has 2 unspecified atom stereocenters. The molecule has 1 saturated heterocycles. The van der Waals surface area contributed by atoms with E-state index in [-0.39, 0.29) is 17.6 Å². The van der Waals surface area contributed by atoms with E-state index >= 15 is 0 Å². The van der Waals surface area contributed by atoms with Crippen LogP contribution in [-0.4, -0.2) is 37.5 Å². The molecule has 2 atom stereocenters. The van der Waals surface area contributed by atoms with Gasteiger partial charge in [0.25, 0.3) is 0 Å². The van der Waals surface area contributed by atoms with Gasteiger partial charge in [-0.3, -0.25) is 4.79 Å². The highest BCUT2D eigenvalue weighted by molar-refractivity contribution is 5.79. The number of hydrogen-bond donors (Lipinski definition) is 1. The molecule has 1 aliphatic rings. The molecule has 1 aromatic rings. The van der Waals surface area contributed by atoms with Gasteiger partial charge in [0.05, 0.1) is 0 Å². The Morgan fingerprint density at radius 1 is 1.55 bits per heavy atom. The Bertz CT molecular complexity index is 464. The molecule has 0 spiro atoms. The normalized spacial score (nSPS) is 20.1. The molecule has 0 radical (unpaired) electrons. The number of nitrogens with zero attached hydrogens (tertiary/aromatic N) is 1. The van der Waals surface area contributed by atoms with Crippen molar-refractivity contribution in [2.75, 3.05) is 26.7 Å². The average Bonchev–Trinajstić information content (AvgIpc) is 2.87. The second-order valence-electron chi connectivity index (χ2n) is 5.73. The number of likely N-dealkylation sites (tertiary alicyclic amines) is 1. The summed E-state index contributed by atoms with van der Waals surface area (Å²) in [4.78, 5) is 14.3. The average molecular weight is 278 g/mol. The first kappa shape index (κ1) is 15.0. The maximum absolute atomic E-state index is 13.2. The van der Waals surface area contributed by atoms with Crippen LogP contribution in [-0.2, 0) is 11.2 Å². The highest BCUT2D eigenvalue weighted by atomic mass is 19.1. The van der Waals surface area contributed by atoms with Crippen molar-refractivity contribution in [2.45, 2.75) is 19.8 Å². The summed E-state index contributed by atoms with van der Waals surface area (Å²) in [5.74, 6) is 0.417. The molecule has 1 aliphatic heterocycles. The number of hydrogen-bond acceptors (Lipinski definition) is 2. The third-order valence-corrected chi connectivity index (χ3v) is 3.94. The van der Waals surface area contributed by atoms with Crippen molar-refractivity contribution in [1.29, 1.82) is 0 Å². The lowest BCUT2D eigenvalue weighted by molar-refractivity contribution is -0.134. The van der Waals surface area contributed by atoms with E-state index in [0.29, 0.717) is 12.3 Å². The van der Waals surface area contributed by atoms with Gasteiger partial charge in [-0.25, -0.2) is 4.39 Å². The molecule has 110 valence electrons. The summed E-state index contributed by atoms with van der Waals surface area (Å²) in [5, 5.41) is 3.16. The van der Waals surface area contributed by atoms with Gasteiger partial charge in [-0.2, -0.15) is 0 Å². The maximum Gasteiger partial charge on any atom is 0.225 e. The fraction of sp³-hybridized carbons (Fsp3) is 0.562. The predicted octanol–water partition coefficient (Wildman–Crippen LogP) is 2.07.